The van der Waals surface area contributed by atoms with E-state index in [2.05, 4.69) is 25.9 Å². The van der Waals surface area contributed by atoms with E-state index in [1.807, 2.05) is 0 Å². The Kier molecular flexibility index (Phi) is 3.37. The van der Waals surface area contributed by atoms with Crippen LogP contribution in [0.5, 0.6) is 0 Å². The van der Waals surface area contributed by atoms with Crippen molar-refractivity contribution in [2.24, 2.45) is 0 Å². The summed E-state index contributed by atoms with van der Waals surface area (Å²) >= 11 is 13.9. The number of nitrogens with zero attached hydrogens (tertiary/aromatic N) is 1. The Morgan fingerprint density at radius 1 is 1.38 bits per heavy atom. The van der Waals surface area contributed by atoms with Gasteiger partial charge in [-0.05, 0) is 28.1 Å². The lowest BCUT2D eigenvalue weighted by molar-refractivity contribution is 0.630. The van der Waals surface area contributed by atoms with Gasteiger partial charge in [0.05, 0.1) is 23.1 Å². The van der Waals surface area contributed by atoms with Crippen molar-refractivity contribution in [1.29, 1.82) is 0 Å². The van der Waals surface area contributed by atoms with Crippen molar-refractivity contribution in [3.8, 4) is 11.3 Å². The Labute approximate surface area is 110 Å². The lowest BCUT2D eigenvalue weighted by Gasteiger charge is -2.05. The second-order valence-corrected chi connectivity index (χ2v) is 4.71. The fourth-order valence-electron chi connectivity index (χ4n) is 1.25. The first kappa shape index (κ1) is 11.7. The molecule has 0 aliphatic carbocycles. The molecule has 82 valence electrons. The number of rotatable bonds is 1. The summed E-state index contributed by atoms with van der Waals surface area (Å²) in [4.78, 5) is 6.75. The Balaban J connectivity index is 2.66. The molecule has 1 heterocycles. The van der Waals surface area contributed by atoms with Crippen molar-refractivity contribution < 1.29 is 4.39 Å². The Bertz CT molecular complexity index is 600. The molecule has 6 heteroatoms. The highest BCUT2D eigenvalue weighted by atomic mass is 79.9. The second kappa shape index (κ2) is 4.61. The van der Waals surface area contributed by atoms with Crippen LogP contribution < -0.4 is 0 Å². The average Bonchev–Trinajstić information content (AvgIpc) is 2.26. The van der Waals surface area contributed by atoms with Crippen molar-refractivity contribution >= 4 is 39.7 Å². The normalized spacial score (nSPS) is 10.4. The van der Waals surface area contributed by atoms with Gasteiger partial charge in [0.25, 0.3) is 0 Å². The van der Waals surface area contributed by atoms with Crippen LogP contribution in [-0.4, -0.2) is 9.97 Å². The van der Waals surface area contributed by atoms with Crippen molar-refractivity contribution in [3.05, 3.63) is 44.5 Å². The van der Waals surface area contributed by atoms with Crippen LogP contribution in [0.1, 0.15) is 0 Å². The second-order valence-electron chi connectivity index (χ2n) is 3.03. The van der Waals surface area contributed by atoms with Crippen molar-refractivity contribution in [2.75, 3.05) is 0 Å². The van der Waals surface area contributed by atoms with E-state index >= 15 is 0 Å². The summed E-state index contributed by atoms with van der Waals surface area (Å²) < 4.78 is 14.8. The highest BCUT2D eigenvalue weighted by molar-refractivity contribution is 9.10. The molecule has 2 aromatic rings. The number of nitrogens with one attached hydrogen (secondary N) is 1. The van der Waals surface area contributed by atoms with Crippen LogP contribution in [-0.2, 0) is 0 Å². The van der Waals surface area contributed by atoms with Gasteiger partial charge in [0.2, 0.25) is 0 Å². The molecule has 0 bridgehead atoms. The smallest absolute Gasteiger partial charge is 0.152 e. The number of aromatic nitrogens is 2. The van der Waals surface area contributed by atoms with Crippen molar-refractivity contribution in [3.63, 3.8) is 0 Å². The molecule has 0 aliphatic heterocycles. The molecule has 2 rings (SSSR count). The third-order valence-corrected chi connectivity index (χ3v) is 3.44. The fourth-order valence-corrected chi connectivity index (χ4v) is 1.89. The number of hydrogen-bond donors (Lipinski definition) is 1. The van der Waals surface area contributed by atoms with E-state index in [1.165, 1.54) is 12.4 Å². The van der Waals surface area contributed by atoms with E-state index in [0.29, 0.717) is 20.4 Å². The van der Waals surface area contributed by atoms with Gasteiger partial charge in [-0.25, -0.2) is 4.39 Å². The van der Waals surface area contributed by atoms with Gasteiger partial charge in [-0.15, -0.1) is 0 Å². The van der Waals surface area contributed by atoms with Crippen LogP contribution in [0.2, 0.25) is 5.02 Å². The Hall–Kier alpha value is -0.780. The summed E-state index contributed by atoms with van der Waals surface area (Å²) in [5.41, 5.74) is 0.840. The molecule has 16 heavy (non-hydrogen) atoms. The minimum Gasteiger partial charge on any atom is -0.343 e. The van der Waals surface area contributed by atoms with E-state index < -0.39 is 5.82 Å². The molecule has 1 aromatic carbocycles. The molecule has 0 radical (unpaired) electrons. The minimum atomic E-state index is -0.505. The maximum atomic E-state index is 13.8. The molecule has 0 spiro atoms. The lowest BCUT2D eigenvalue weighted by Crippen LogP contribution is -1.91. The molecule has 0 unspecified atom stereocenters. The average molecular weight is 320 g/mol. The summed E-state index contributed by atoms with van der Waals surface area (Å²) in [7, 11) is 0. The van der Waals surface area contributed by atoms with Gasteiger partial charge in [0.15, 0.2) is 5.82 Å². The number of aromatic amines is 1. The quantitative estimate of drug-likeness (QED) is 0.625. The molecule has 0 fully saturated rings. The van der Waals surface area contributed by atoms with Crippen LogP contribution in [0.25, 0.3) is 11.3 Å². The summed E-state index contributed by atoms with van der Waals surface area (Å²) in [6.07, 6.45) is 2.98. The summed E-state index contributed by atoms with van der Waals surface area (Å²) in [6.45, 7) is 0. The van der Waals surface area contributed by atoms with Crippen molar-refractivity contribution in [1.82, 2.24) is 9.97 Å². The third-order valence-electron chi connectivity index (χ3n) is 1.98. The highest BCUT2D eigenvalue weighted by Gasteiger charge is 2.12. The predicted octanol–water partition coefficient (Wildman–Crippen LogP) is 4.36. The Morgan fingerprint density at radius 2 is 2.12 bits per heavy atom. The molecule has 0 atom stereocenters. The Morgan fingerprint density at radius 3 is 2.81 bits per heavy atom. The predicted molar refractivity (Wildman–Crippen MR) is 67.5 cm³/mol. The zero-order valence-electron chi connectivity index (χ0n) is 7.80. The largest absolute Gasteiger partial charge is 0.343 e. The third kappa shape index (κ3) is 2.16. The fraction of sp³-hybridized carbons (Fsp3) is 0. The van der Waals surface area contributed by atoms with Crippen LogP contribution in [0.3, 0.4) is 0 Å². The standard InChI is InChI=1S/C10H5BrClFN2S/c11-6-2-1-5(10(13)9(6)12)7-3-14-4-8(16)15-7/h1-4H,(H,15,16). The molecular formula is C10H5BrClFN2S. The van der Waals surface area contributed by atoms with Crippen LogP contribution in [0.4, 0.5) is 4.39 Å². The molecule has 0 saturated heterocycles. The molecular weight excluding hydrogens is 315 g/mol. The SMILES string of the molecule is Fc1c(-c2cncc(=S)[nH]2)ccc(Br)c1Cl. The highest BCUT2D eigenvalue weighted by Crippen LogP contribution is 2.31. The van der Waals surface area contributed by atoms with E-state index in [9.17, 15) is 4.39 Å². The van der Waals surface area contributed by atoms with E-state index in [0.717, 1.165) is 0 Å². The number of halogens is 3. The van der Waals surface area contributed by atoms with Gasteiger partial charge in [-0.3, -0.25) is 4.98 Å². The maximum Gasteiger partial charge on any atom is 0.152 e. The first-order chi connectivity index (χ1) is 7.59. The van der Waals surface area contributed by atoms with Gasteiger partial charge < -0.3 is 4.98 Å². The van der Waals surface area contributed by atoms with Crippen LogP contribution >= 0.6 is 39.7 Å². The van der Waals surface area contributed by atoms with Gasteiger partial charge in [0.1, 0.15) is 4.64 Å². The van der Waals surface area contributed by atoms with Gasteiger partial charge in [0, 0.05) is 10.0 Å². The summed E-state index contributed by atoms with van der Waals surface area (Å²) in [5, 5.41) is 0.0423. The van der Waals surface area contributed by atoms with E-state index in [1.54, 1.807) is 12.1 Å². The zero-order valence-corrected chi connectivity index (χ0v) is 11.0. The first-order valence-corrected chi connectivity index (χ1v) is 5.85. The molecule has 0 amide bonds. The minimum absolute atomic E-state index is 0.0423. The summed E-state index contributed by atoms with van der Waals surface area (Å²) in [6, 6.07) is 3.28. The topological polar surface area (TPSA) is 28.7 Å². The number of benzene rings is 1. The maximum absolute atomic E-state index is 13.8. The van der Waals surface area contributed by atoms with E-state index in [-0.39, 0.29) is 5.02 Å². The van der Waals surface area contributed by atoms with Gasteiger partial charge in [-0.1, -0.05) is 23.8 Å². The molecule has 2 nitrogen and oxygen atoms in total. The molecule has 1 N–H and O–H groups in total. The molecule has 1 aromatic heterocycles. The zero-order chi connectivity index (χ0) is 11.7. The molecule has 0 aliphatic rings. The monoisotopic (exact) mass is 318 g/mol. The van der Waals surface area contributed by atoms with Gasteiger partial charge in [-0.2, -0.15) is 0 Å². The van der Waals surface area contributed by atoms with Crippen molar-refractivity contribution in [2.45, 2.75) is 0 Å². The van der Waals surface area contributed by atoms with E-state index in [4.69, 9.17) is 23.8 Å². The lowest BCUT2D eigenvalue weighted by atomic mass is 10.1. The number of hydrogen-bond acceptors (Lipinski definition) is 2. The summed E-state index contributed by atoms with van der Waals surface area (Å²) in [5.74, 6) is -0.505. The van der Waals surface area contributed by atoms with Crippen LogP contribution in [0.15, 0.2) is 29.0 Å². The van der Waals surface area contributed by atoms with Crippen LogP contribution in [0, 0.1) is 10.5 Å². The first-order valence-electron chi connectivity index (χ1n) is 4.28. The molecule has 0 saturated carbocycles. The van der Waals surface area contributed by atoms with Gasteiger partial charge >= 0.3 is 0 Å². The number of H-pyrrole nitrogens is 1.